The predicted molar refractivity (Wildman–Crippen MR) is 78.0 cm³/mol. The molecule has 0 aliphatic rings. The molecule has 0 saturated carbocycles. The van der Waals surface area contributed by atoms with Crippen LogP contribution in [0.4, 0.5) is 8.78 Å². The Morgan fingerprint density at radius 2 is 1.90 bits per heavy atom. The molecule has 5 heteroatoms. The molecule has 106 valence electrons. The Morgan fingerprint density at radius 1 is 1.10 bits per heavy atom. The standard InChI is InChI=1S/C15H14BrF2NO/c1-2-19-9-10-3-6-15(14(18)7-10)20-11-4-5-13(17)12(16)8-11/h3-8,19H,2,9H2,1H3. The zero-order chi connectivity index (χ0) is 14.5. The first-order valence-electron chi connectivity index (χ1n) is 6.22. The highest BCUT2D eigenvalue weighted by Gasteiger charge is 2.08. The smallest absolute Gasteiger partial charge is 0.166 e. The van der Waals surface area contributed by atoms with Crippen LogP contribution < -0.4 is 10.1 Å². The van der Waals surface area contributed by atoms with Gasteiger partial charge in [-0.1, -0.05) is 13.0 Å². The average Bonchev–Trinajstić information content (AvgIpc) is 2.43. The van der Waals surface area contributed by atoms with Crippen molar-refractivity contribution in [2.75, 3.05) is 6.54 Å². The van der Waals surface area contributed by atoms with Crippen LogP contribution in [0.1, 0.15) is 12.5 Å². The molecule has 0 atom stereocenters. The van der Waals surface area contributed by atoms with Crippen molar-refractivity contribution >= 4 is 15.9 Å². The molecule has 0 heterocycles. The van der Waals surface area contributed by atoms with Crippen molar-refractivity contribution in [1.82, 2.24) is 5.32 Å². The van der Waals surface area contributed by atoms with Crippen molar-refractivity contribution in [2.24, 2.45) is 0 Å². The molecule has 2 rings (SSSR count). The van der Waals surface area contributed by atoms with E-state index in [1.54, 1.807) is 12.1 Å². The fraction of sp³-hybridized carbons (Fsp3) is 0.200. The number of hydrogen-bond donors (Lipinski definition) is 1. The van der Waals surface area contributed by atoms with Crippen LogP contribution >= 0.6 is 15.9 Å². The van der Waals surface area contributed by atoms with Gasteiger partial charge in [0.05, 0.1) is 4.47 Å². The van der Waals surface area contributed by atoms with Crippen LogP contribution in [0.5, 0.6) is 11.5 Å². The summed E-state index contributed by atoms with van der Waals surface area (Å²) in [6, 6.07) is 8.96. The minimum Gasteiger partial charge on any atom is -0.454 e. The van der Waals surface area contributed by atoms with E-state index in [0.29, 0.717) is 12.3 Å². The lowest BCUT2D eigenvalue weighted by Gasteiger charge is -2.09. The molecule has 0 fully saturated rings. The van der Waals surface area contributed by atoms with Gasteiger partial charge in [0.25, 0.3) is 0 Å². The Kier molecular flexibility index (Phi) is 5.09. The Labute approximate surface area is 124 Å². The molecule has 0 unspecified atom stereocenters. The van der Waals surface area contributed by atoms with Gasteiger partial charge in [-0.2, -0.15) is 0 Å². The quantitative estimate of drug-likeness (QED) is 0.856. The fourth-order valence-electron chi connectivity index (χ4n) is 1.67. The van der Waals surface area contributed by atoms with Gasteiger partial charge < -0.3 is 10.1 Å². The third-order valence-electron chi connectivity index (χ3n) is 2.69. The van der Waals surface area contributed by atoms with Gasteiger partial charge in [-0.25, -0.2) is 8.78 Å². The van der Waals surface area contributed by atoms with E-state index >= 15 is 0 Å². The SMILES string of the molecule is CCNCc1ccc(Oc2ccc(F)c(Br)c2)c(F)c1. The van der Waals surface area contributed by atoms with E-state index in [0.717, 1.165) is 12.1 Å². The van der Waals surface area contributed by atoms with Crippen LogP contribution in [-0.2, 0) is 6.54 Å². The molecule has 0 aliphatic heterocycles. The van der Waals surface area contributed by atoms with Crippen LogP contribution in [-0.4, -0.2) is 6.54 Å². The lowest BCUT2D eigenvalue weighted by atomic mass is 10.2. The zero-order valence-electron chi connectivity index (χ0n) is 10.9. The molecule has 0 amide bonds. The Hall–Kier alpha value is -1.46. The van der Waals surface area contributed by atoms with E-state index in [2.05, 4.69) is 21.2 Å². The summed E-state index contributed by atoms with van der Waals surface area (Å²) >= 11 is 3.06. The fourth-order valence-corrected chi connectivity index (χ4v) is 2.03. The van der Waals surface area contributed by atoms with Crippen LogP contribution in [0, 0.1) is 11.6 Å². The van der Waals surface area contributed by atoms with E-state index in [-0.39, 0.29) is 16.0 Å². The van der Waals surface area contributed by atoms with Crippen molar-refractivity contribution < 1.29 is 13.5 Å². The molecule has 0 radical (unpaired) electrons. The summed E-state index contributed by atoms with van der Waals surface area (Å²) in [7, 11) is 0. The summed E-state index contributed by atoms with van der Waals surface area (Å²) in [5, 5.41) is 3.12. The molecular formula is C15H14BrF2NO. The lowest BCUT2D eigenvalue weighted by Crippen LogP contribution is -2.11. The number of ether oxygens (including phenoxy) is 1. The lowest BCUT2D eigenvalue weighted by molar-refractivity contribution is 0.440. The largest absolute Gasteiger partial charge is 0.454 e. The summed E-state index contributed by atoms with van der Waals surface area (Å²) in [6.07, 6.45) is 0. The van der Waals surface area contributed by atoms with E-state index in [9.17, 15) is 8.78 Å². The topological polar surface area (TPSA) is 21.3 Å². The zero-order valence-corrected chi connectivity index (χ0v) is 12.5. The van der Waals surface area contributed by atoms with Gasteiger partial charge in [-0.15, -0.1) is 0 Å². The summed E-state index contributed by atoms with van der Waals surface area (Å²) in [6.45, 7) is 3.42. The summed E-state index contributed by atoms with van der Waals surface area (Å²) in [5.41, 5.74) is 0.844. The molecule has 2 nitrogen and oxygen atoms in total. The monoisotopic (exact) mass is 341 g/mol. The molecule has 2 aromatic rings. The van der Waals surface area contributed by atoms with Crippen molar-refractivity contribution in [1.29, 1.82) is 0 Å². The highest BCUT2D eigenvalue weighted by atomic mass is 79.9. The van der Waals surface area contributed by atoms with Gasteiger partial charge in [-0.05, 0) is 58.4 Å². The maximum Gasteiger partial charge on any atom is 0.166 e. The van der Waals surface area contributed by atoms with E-state index in [1.807, 2.05) is 6.92 Å². The first kappa shape index (κ1) is 14.9. The van der Waals surface area contributed by atoms with E-state index < -0.39 is 5.82 Å². The maximum absolute atomic E-state index is 13.9. The second kappa shape index (κ2) is 6.81. The van der Waals surface area contributed by atoms with Gasteiger partial charge in [0.15, 0.2) is 11.6 Å². The molecule has 0 saturated heterocycles. The highest BCUT2D eigenvalue weighted by Crippen LogP contribution is 2.28. The van der Waals surface area contributed by atoms with Crippen LogP contribution in [0.2, 0.25) is 0 Å². The molecule has 0 aromatic heterocycles. The van der Waals surface area contributed by atoms with Crippen LogP contribution in [0.15, 0.2) is 40.9 Å². The first-order valence-corrected chi connectivity index (χ1v) is 7.01. The minimum atomic E-state index is -0.444. The number of benzene rings is 2. The van der Waals surface area contributed by atoms with Crippen LogP contribution in [0.25, 0.3) is 0 Å². The summed E-state index contributed by atoms with van der Waals surface area (Å²) in [4.78, 5) is 0. The number of hydrogen-bond acceptors (Lipinski definition) is 2. The molecule has 0 bridgehead atoms. The van der Waals surface area contributed by atoms with Gasteiger partial charge in [0, 0.05) is 6.54 Å². The number of nitrogens with one attached hydrogen (secondary N) is 1. The van der Waals surface area contributed by atoms with E-state index in [4.69, 9.17) is 4.74 Å². The Morgan fingerprint density at radius 3 is 2.55 bits per heavy atom. The summed E-state index contributed by atoms with van der Waals surface area (Å²) in [5.74, 6) is -0.347. The second-order valence-electron chi connectivity index (χ2n) is 4.22. The van der Waals surface area contributed by atoms with Gasteiger partial charge in [0.1, 0.15) is 11.6 Å². The maximum atomic E-state index is 13.9. The third kappa shape index (κ3) is 3.77. The molecule has 0 spiro atoms. The summed E-state index contributed by atoms with van der Waals surface area (Å²) < 4.78 is 32.7. The van der Waals surface area contributed by atoms with Crippen molar-refractivity contribution in [3.8, 4) is 11.5 Å². The molecule has 1 N–H and O–H groups in total. The van der Waals surface area contributed by atoms with Gasteiger partial charge in [-0.3, -0.25) is 0 Å². The Balaban J connectivity index is 2.14. The molecule has 20 heavy (non-hydrogen) atoms. The van der Waals surface area contributed by atoms with Gasteiger partial charge in [0.2, 0.25) is 0 Å². The van der Waals surface area contributed by atoms with Gasteiger partial charge >= 0.3 is 0 Å². The van der Waals surface area contributed by atoms with Crippen molar-refractivity contribution in [3.63, 3.8) is 0 Å². The van der Waals surface area contributed by atoms with E-state index in [1.165, 1.54) is 24.3 Å². The van der Waals surface area contributed by atoms with Crippen LogP contribution in [0.3, 0.4) is 0 Å². The normalized spacial score (nSPS) is 10.6. The van der Waals surface area contributed by atoms with Crippen molar-refractivity contribution in [3.05, 3.63) is 58.1 Å². The third-order valence-corrected chi connectivity index (χ3v) is 3.30. The molecular weight excluding hydrogens is 328 g/mol. The number of rotatable bonds is 5. The number of halogens is 3. The highest BCUT2D eigenvalue weighted by molar-refractivity contribution is 9.10. The average molecular weight is 342 g/mol. The second-order valence-corrected chi connectivity index (χ2v) is 5.08. The van der Waals surface area contributed by atoms with Crippen molar-refractivity contribution in [2.45, 2.75) is 13.5 Å². The molecule has 2 aromatic carbocycles. The predicted octanol–water partition coefficient (Wildman–Crippen LogP) is 4.63. The Bertz CT molecular complexity index is 604. The first-order chi connectivity index (χ1) is 9.60. The molecule has 0 aliphatic carbocycles. The minimum absolute atomic E-state index is 0.115.